The smallest absolute Gasteiger partial charge is 0.337 e. The third kappa shape index (κ3) is 2.95. The first-order valence-corrected chi connectivity index (χ1v) is 7.86. The molecule has 2 aromatic carbocycles. The largest absolute Gasteiger partial charge is 0.465 e. The van der Waals surface area contributed by atoms with Crippen molar-refractivity contribution in [3.8, 4) is 0 Å². The molecule has 0 unspecified atom stereocenters. The summed E-state index contributed by atoms with van der Waals surface area (Å²) in [6.07, 6.45) is 2.97. The van der Waals surface area contributed by atoms with Gasteiger partial charge in [-0.15, -0.1) is 0 Å². The van der Waals surface area contributed by atoms with Crippen LogP contribution in [0, 0.1) is 0 Å². The topological polar surface area (TPSA) is 46.6 Å². The average Bonchev–Trinajstić information content (AvgIpc) is 3.06. The highest BCUT2D eigenvalue weighted by Crippen LogP contribution is 2.32. The normalized spacial score (nSPS) is 12.6. The van der Waals surface area contributed by atoms with Crippen LogP contribution in [0.15, 0.2) is 55.1 Å². The van der Waals surface area contributed by atoms with E-state index in [2.05, 4.69) is 12.6 Å². The number of anilines is 1. The summed E-state index contributed by atoms with van der Waals surface area (Å²) in [5.74, 6) is -0.394. The van der Waals surface area contributed by atoms with Gasteiger partial charge in [0.2, 0.25) is 5.91 Å². The molecular weight excluding hydrogens is 302 g/mol. The zero-order chi connectivity index (χ0) is 17.1. The first kappa shape index (κ1) is 16.0. The van der Waals surface area contributed by atoms with Crippen molar-refractivity contribution in [2.45, 2.75) is 12.8 Å². The van der Waals surface area contributed by atoms with Crippen molar-refractivity contribution in [2.24, 2.45) is 0 Å². The van der Waals surface area contributed by atoms with Gasteiger partial charge < -0.3 is 9.64 Å². The molecule has 0 atom stereocenters. The van der Waals surface area contributed by atoms with Crippen LogP contribution < -0.4 is 4.90 Å². The lowest BCUT2D eigenvalue weighted by Crippen LogP contribution is -2.26. The molecule has 1 amide bonds. The SMILES string of the molecule is C=CC(=O)N1CCc2c(Cc3ccc(C(=O)OC)cc3)cccc21. The summed E-state index contributed by atoms with van der Waals surface area (Å²) in [6.45, 7) is 4.26. The number of amides is 1. The van der Waals surface area contributed by atoms with Crippen molar-refractivity contribution in [1.29, 1.82) is 0 Å². The zero-order valence-corrected chi connectivity index (χ0v) is 13.6. The molecular formula is C20H19NO3. The number of benzene rings is 2. The van der Waals surface area contributed by atoms with Gasteiger partial charge in [0.05, 0.1) is 12.7 Å². The predicted octanol–water partition coefficient (Wildman–Crippen LogP) is 3.14. The first-order valence-electron chi connectivity index (χ1n) is 7.86. The molecule has 4 heteroatoms. The Bertz CT molecular complexity index is 793. The minimum atomic E-state index is -0.333. The van der Waals surface area contributed by atoms with E-state index in [1.165, 1.54) is 24.3 Å². The number of carbonyl (C=O) groups is 2. The van der Waals surface area contributed by atoms with Crippen LogP contribution in [-0.2, 0) is 22.4 Å². The standard InChI is InChI=1S/C20H19NO3/c1-3-19(22)21-12-11-17-16(5-4-6-18(17)21)13-14-7-9-15(10-8-14)20(23)24-2/h3-10H,1,11-13H2,2H3. The highest BCUT2D eigenvalue weighted by atomic mass is 16.5. The lowest BCUT2D eigenvalue weighted by atomic mass is 9.97. The molecule has 0 fully saturated rings. The van der Waals surface area contributed by atoms with Crippen molar-refractivity contribution in [3.63, 3.8) is 0 Å². The summed E-state index contributed by atoms with van der Waals surface area (Å²) in [7, 11) is 1.37. The van der Waals surface area contributed by atoms with E-state index in [1.54, 1.807) is 17.0 Å². The maximum Gasteiger partial charge on any atom is 0.337 e. The van der Waals surface area contributed by atoms with Crippen LogP contribution in [0.2, 0.25) is 0 Å². The molecule has 0 aromatic heterocycles. The van der Waals surface area contributed by atoms with Crippen LogP contribution >= 0.6 is 0 Å². The quantitative estimate of drug-likeness (QED) is 0.642. The molecule has 0 saturated heterocycles. The van der Waals surface area contributed by atoms with Crippen molar-refractivity contribution in [1.82, 2.24) is 0 Å². The van der Waals surface area contributed by atoms with Crippen molar-refractivity contribution in [2.75, 3.05) is 18.6 Å². The maximum absolute atomic E-state index is 11.9. The summed E-state index contributed by atoms with van der Waals surface area (Å²) in [5.41, 5.74) is 5.05. The van der Waals surface area contributed by atoms with Crippen LogP contribution in [0.1, 0.15) is 27.0 Å². The molecule has 122 valence electrons. The Balaban J connectivity index is 1.84. The second-order valence-electron chi connectivity index (χ2n) is 5.72. The Morgan fingerprint density at radius 1 is 1.21 bits per heavy atom. The lowest BCUT2D eigenvalue weighted by Gasteiger charge is -2.15. The number of rotatable bonds is 4. The summed E-state index contributed by atoms with van der Waals surface area (Å²) in [6, 6.07) is 13.5. The van der Waals surface area contributed by atoms with Gasteiger partial charge >= 0.3 is 5.97 Å². The van der Waals surface area contributed by atoms with E-state index < -0.39 is 0 Å². The van der Waals surface area contributed by atoms with E-state index in [1.807, 2.05) is 24.3 Å². The van der Waals surface area contributed by atoms with Gasteiger partial charge in [0, 0.05) is 12.2 Å². The van der Waals surface area contributed by atoms with Crippen LogP contribution in [0.3, 0.4) is 0 Å². The molecule has 0 saturated carbocycles. The molecule has 1 aliphatic heterocycles. The van der Waals surface area contributed by atoms with Gasteiger partial charge in [-0.1, -0.05) is 30.8 Å². The molecule has 0 N–H and O–H groups in total. The van der Waals surface area contributed by atoms with E-state index in [9.17, 15) is 9.59 Å². The number of fused-ring (bicyclic) bond motifs is 1. The average molecular weight is 321 g/mol. The summed E-state index contributed by atoms with van der Waals surface area (Å²) >= 11 is 0. The van der Waals surface area contributed by atoms with Crippen molar-refractivity contribution < 1.29 is 14.3 Å². The lowest BCUT2D eigenvalue weighted by molar-refractivity contribution is -0.114. The summed E-state index contributed by atoms with van der Waals surface area (Å²) in [5, 5.41) is 0. The number of esters is 1. The van der Waals surface area contributed by atoms with E-state index in [-0.39, 0.29) is 11.9 Å². The van der Waals surface area contributed by atoms with Gasteiger partial charge in [0.25, 0.3) is 0 Å². The van der Waals surface area contributed by atoms with Crippen LogP contribution in [-0.4, -0.2) is 25.5 Å². The molecule has 0 aliphatic carbocycles. The van der Waals surface area contributed by atoms with Crippen LogP contribution in [0.4, 0.5) is 5.69 Å². The second-order valence-corrected chi connectivity index (χ2v) is 5.72. The van der Waals surface area contributed by atoms with E-state index in [0.717, 1.165) is 24.1 Å². The fraction of sp³-hybridized carbons (Fsp3) is 0.200. The van der Waals surface area contributed by atoms with E-state index in [0.29, 0.717) is 12.1 Å². The first-order chi connectivity index (χ1) is 11.6. The summed E-state index contributed by atoms with van der Waals surface area (Å²) in [4.78, 5) is 25.2. The molecule has 0 spiro atoms. The Labute approximate surface area is 141 Å². The Morgan fingerprint density at radius 2 is 1.96 bits per heavy atom. The predicted molar refractivity (Wildman–Crippen MR) is 93.3 cm³/mol. The van der Waals surface area contributed by atoms with Gasteiger partial charge in [-0.2, -0.15) is 0 Å². The van der Waals surface area contributed by atoms with Crippen LogP contribution in [0.5, 0.6) is 0 Å². The zero-order valence-electron chi connectivity index (χ0n) is 13.6. The third-order valence-corrected chi connectivity index (χ3v) is 4.33. The molecule has 2 aromatic rings. The molecule has 1 aliphatic rings. The van der Waals surface area contributed by atoms with Gasteiger partial charge in [0.1, 0.15) is 0 Å². The molecule has 3 rings (SSSR count). The molecule has 4 nitrogen and oxygen atoms in total. The van der Waals surface area contributed by atoms with E-state index in [4.69, 9.17) is 4.74 Å². The molecule has 24 heavy (non-hydrogen) atoms. The van der Waals surface area contributed by atoms with Gasteiger partial charge in [0.15, 0.2) is 0 Å². The molecule has 1 heterocycles. The summed E-state index contributed by atoms with van der Waals surface area (Å²) < 4.78 is 4.72. The van der Waals surface area contributed by atoms with E-state index >= 15 is 0 Å². The van der Waals surface area contributed by atoms with Crippen molar-refractivity contribution in [3.05, 3.63) is 77.4 Å². The Hall–Kier alpha value is -2.88. The van der Waals surface area contributed by atoms with Crippen LogP contribution in [0.25, 0.3) is 0 Å². The number of hydrogen-bond acceptors (Lipinski definition) is 3. The van der Waals surface area contributed by atoms with Gasteiger partial charge in [-0.25, -0.2) is 4.79 Å². The second kappa shape index (κ2) is 6.71. The molecule has 0 bridgehead atoms. The Morgan fingerprint density at radius 3 is 2.62 bits per heavy atom. The third-order valence-electron chi connectivity index (χ3n) is 4.33. The number of ether oxygens (including phenoxy) is 1. The number of hydrogen-bond donors (Lipinski definition) is 0. The number of methoxy groups -OCH3 is 1. The fourth-order valence-electron chi connectivity index (χ4n) is 3.11. The van der Waals surface area contributed by atoms with Gasteiger partial charge in [-0.3, -0.25) is 4.79 Å². The highest BCUT2D eigenvalue weighted by molar-refractivity contribution is 6.02. The van der Waals surface area contributed by atoms with Gasteiger partial charge in [-0.05, 0) is 53.8 Å². The number of nitrogens with zero attached hydrogens (tertiary/aromatic N) is 1. The monoisotopic (exact) mass is 321 g/mol. The highest BCUT2D eigenvalue weighted by Gasteiger charge is 2.24. The minimum absolute atomic E-state index is 0.0617. The van der Waals surface area contributed by atoms with Crippen molar-refractivity contribution >= 4 is 17.6 Å². The minimum Gasteiger partial charge on any atom is -0.465 e. The Kier molecular flexibility index (Phi) is 4.47. The number of carbonyl (C=O) groups excluding carboxylic acids is 2. The molecule has 0 radical (unpaired) electrons. The maximum atomic E-state index is 11.9. The fourth-order valence-corrected chi connectivity index (χ4v) is 3.11.